The number of nitriles is 1. The Labute approximate surface area is 290 Å². The summed E-state index contributed by atoms with van der Waals surface area (Å²) in [7, 11) is -3.22. The van der Waals surface area contributed by atoms with Gasteiger partial charge in [-0.05, 0) is 49.4 Å². The number of carbonyl (C=O) groups is 2. The molecule has 1 atom stereocenters. The van der Waals surface area contributed by atoms with E-state index in [9.17, 15) is 23.3 Å². The molecule has 4 aliphatic heterocycles. The van der Waals surface area contributed by atoms with Gasteiger partial charge in [-0.3, -0.25) is 9.69 Å². The fraction of sp³-hybridized carbons (Fsp3) is 0.441. The molecule has 7 rings (SSSR count). The van der Waals surface area contributed by atoms with E-state index in [1.165, 1.54) is 49.8 Å². The Hall–Kier alpha value is -4.82. The van der Waals surface area contributed by atoms with Crippen LogP contribution in [0.3, 0.4) is 0 Å². The molecule has 6 heterocycles. The van der Waals surface area contributed by atoms with Gasteiger partial charge in [-0.1, -0.05) is 0 Å². The molecule has 262 valence electrons. The molecule has 50 heavy (non-hydrogen) atoms. The van der Waals surface area contributed by atoms with Gasteiger partial charge in [-0.25, -0.2) is 14.8 Å². The summed E-state index contributed by atoms with van der Waals surface area (Å²) >= 11 is 0. The van der Waals surface area contributed by atoms with Crippen LogP contribution in [0.15, 0.2) is 59.9 Å². The number of urea groups is 1. The van der Waals surface area contributed by atoms with Crippen molar-refractivity contribution in [1.82, 2.24) is 30.0 Å². The number of pyridine rings is 2. The summed E-state index contributed by atoms with van der Waals surface area (Å²) in [6.07, 6.45) is 2.72. The van der Waals surface area contributed by atoms with Gasteiger partial charge >= 0.3 is 6.03 Å². The third-order valence-corrected chi connectivity index (χ3v) is 11.4. The number of carbonyl (C=O) groups excluding carboxylic acids is 2. The molecule has 3 saturated heterocycles. The normalized spacial score (nSPS) is 21.6. The summed E-state index contributed by atoms with van der Waals surface area (Å²) in [6, 6.07) is 11.5. The molecule has 1 aromatic carbocycles. The molecule has 0 saturated carbocycles. The highest BCUT2D eigenvalue weighted by Crippen LogP contribution is 2.49. The first kappa shape index (κ1) is 33.7. The van der Waals surface area contributed by atoms with Gasteiger partial charge in [0.1, 0.15) is 5.75 Å². The maximum Gasteiger partial charge on any atom is 0.318 e. The second-order valence-electron chi connectivity index (χ2n) is 12.9. The molecule has 3 fully saturated rings. The number of fused-ring (bicyclic) bond motifs is 1. The van der Waals surface area contributed by atoms with Crippen LogP contribution in [0.4, 0.5) is 10.5 Å². The predicted molar refractivity (Wildman–Crippen MR) is 179 cm³/mol. The van der Waals surface area contributed by atoms with Crippen molar-refractivity contribution in [3.63, 3.8) is 0 Å². The third-order valence-electron chi connectivity index (χ3n) is 9.75. The molecule has 3 amide bonds. The quantitative estimate of drug-likeness (QED) is 0.323. The van der Waals surface area contributed by atoms with Crippen LogP contribution >= 0.6 is 0 Å². The average molecular weight is 703 g/mol. The number of aromatic nitrogens is 2. The monoisotopic (exact) mass is 702 g/mol. The SMILES string of the molecule is CCOc1ncccc1C1(NC(=O)N2CC3(CN(CCN4CCOCC4)C3)C2)C(=O)N(S(=O)(=O)c2ccc(OC)cn2)c2ccc(C#N)cc21. The summed E-state index contributed by atoms with van der Waals surface area (Å²) in [4.78, 5) is 44.0. The van der Waals surface area contributed by atoms with Crippen LogP contribution in [0.5, 0.6) is 11.6 Å². The highest BCUT2D eigenvalue weighted by Gasteiger charge is 2.61. The van der Waals surface area contributed by atoms with Gasteiger partial charge in [-0.2, -0.15) is 18.0 Å². The summed E-state index contributed by atoms with van der Waals surface area (Å²) < 4.78 is 45.6. The Bertz CT molecular complexity index is 1930. The number of anilines is 1. The predicted octanol–water partition coefficient (Wildman–Crippen LogP) is 1.39. The van der Waals surface area contributed by atoms with E-state index in [-0.39, 0.29) is 40.3 Å². The van der Waals surface area contributed by atoms with Crippen LogP contribution in [-0.4, -0.2) is 124 Å². The average Bonchev–Trinajstić information content (AvgIpc) is 3.35. The van der Waals surface area contributed by atoms with Gasteiger partial charge < -0.3 is 29.3 Å². The van der Waals surface area contributed by atoms with Crippen LogP contribution in [0.25, 0.3) is 0 Å². The fourth-order valence-corrected chi connectivity index (χ4v) is 8.71. The summed E-state index contributed by atoms with van der Waals surface area (Å²) in [6.45, 7) is 9.90. The van der Waals surface area contributed by atoms with Gasteiger partial charge in [0.2, 0.25) is 5.88 Å². The lowest BCUT2D eigenvalue weighted by Crippen LogP contribution is -2.74. The van der Waals surface area contributed by atoms with E-state index in [0.29, 0.717) is 23.1 Å². The number of ether oxygens (including phenoxy) is 3. The molecule has 15 nitrogen and oxygen atoms in total. The molecular formula is C34H38N8O7S. The Morgan fingerprint density at radius 1 is 1.04 bits per heavy atom. The minimum absolute atomic E-state index is 0.0341. The van der Waals surface area contributed by atoms with Crippen LogP contribution in [0, 0.1) is 16.7 Å². The Kier molecular flexibility index (Phi) is 8.85. The number of benzene rings is 1. The number of likely N-dealkylation sites (tertiary alicyclic amines) is 2. The molecule has 16 heteroatoms. The first-order valence-corrected chi connectivity index (χ1v) is 17.9. The maximum atomic E-state index is 15.0. The molecular weight excluding hydrogens is 664 g/mol. The molecule has 1 N–H and O–H groups in total. The summed E-state index contributed by atoms with van der Waals surface area (Å²) in [5.41, 5.74) is -1.81. The zero-order chi connectivity index (χ0) is 35.1. The van der Waals surface area contributed by atoms with Gasteiger partial charge in [-0.15, -0.1) is 0 Å². The number of sulfonamides is 1. The van der Waals surface area contributed by atoms with Gasteiger partial charge in [0.05, 0.1) is 56.0 Å². The van der Waals surface area contributed by atoms with E-state index in [2.05, 4.69) is 31.2 Å². The molecule has 1 spiro atoms. The first-order valence-electron chi connectivity index (χ1n) is 16.5. The minimum atomic E-state index is -4.64. The van der Waals surface area contributed by atoms with Crippen molar-refractivity contribution in [2.24, 2.45) is 5.41 Å². The standard InChI is InChI=1S/C34H38N8O7S/c1-3-49-30-26(5-4-10-36-30)34(38-32(44)41-22-33(23-41)20-40(21-33)12-11-39-13-15-48-16-14-39)27-17-24(18-35)6-8-28(27)42(31(34)43)50(45,46)29-9-7-25(47-2)19-37-29/h4-10,17,19H,3,11-16,20-23H2,1-2H3,(H,38,44). The van der Waals surface area contributed by atoms with Crippen molar-refractivity contribution in [1.29, 1.82) is 5.26 Å². The second-order valence-corrected chi connectivity index (χ2v) is 14.7. The number of hydrogen-bond donors (Lipinski definition) is 1. The van der Waals surface area contributed by atoms with E-state index in [1.54, 1.807) is 24.0 Å². The van der Waals surface area contributed by atoms with E-state index in [4.69, 9.17) is 14.2 Å². The van der Waals surface area contributed by atoms with Crippen molar-refractivity contribution in [2.45, 2.75) is 17.5 Å². The Balaban J connectivity index is 1.21. The van der Waals surface area contributed by atoms with Gasteiger partial charge in [0.25, 0.3) is 15.9 Å². The van der Waals surface area contributed by atoms with Gasteiger partial charge in [0, 0.05) is 69.5 Å². The van der Waals surface area contributed by atoms with Crippen LogP contribution in [0.1, 0.15) is 23.6 Å². The Morgan fingerprint density at radius 2 is 1.80 bits per heavy atom. The van der Waals surface area contributed by atoms with Crippen LogP contribution in [-0.2, 0) is 25.1 Å². The lowest BCUT2D eigenvalue weighted by molar-refractivity contribution is -0.122. The summed E-state index contributed by atoms with van der Waals surface area (Å²) in [5.74, 6) is -0.627. The third kappa shape index (κ3) is 5.69. The number of amides is 3. The van der Waals surface area contributed by atoms with E-state index in [0.717, 1.165) is 52.5 Å². The van der Waals surface area contributed by atoms with E-state index < -0.39 is 32.5 Å². The molecule has 1 unspecified atom stereocenters. The van der Waals surface area contributed by atoms with E-state index in [1.807, 2.05) is 0 Å². The smallest absolute Gasteiger partial charge is 0.318 e. The fourth-order valence-electron chi connectivity index (χ4n) is 7.32. The topological polar surface area (TPSA) is 171 Å². The maximum absolute atomic E-state index is 15.0. The van der Waals surface area contributed by atoms with Crippen molar-refractivity contribution in [3.05, 3.63) is 71.5 Å². The number of hydrogen-bond acceptors (Lipinski definition) is 12. The molecule has 0 aliphatic carbocycles. The molecule has 0 radical (unpaired) electrons. The van der Waals surface area contributed by atoms with Crippen LogP contribution < -0.4 is 19.1 Å². The minimum Gasteiger partial charge on any atom is -0.495 e. The van der Waals surface area contributed by atoms with Crippen molar-refractivity contribution >= 4 is 27.6 Å². The zero-order valence-corrected chi connectivity index (χ0v) is 28.7. The largest absolute Gasteiger partial charge is 0.495 e. The van der Waals surface area contributed by atoms with Crippen molar-refractivity contribution < 1.29 is 32.2 Å². The lowest BCUT2D eigenvalue weighted by Gasteiger charge is -2.60. The zero-order valence-electron chi connectivity index (χ0n) is 27.9. The number of morpholine rings is 1. The van der Waals surface area contributed by atoms with Crippen LogP contribution in [0.2, 0.25) is 0 Å². The van der Waals surface area contributed by atoms with E-state index >= 15 is 0 Å². The number of nitrogens with one attached hydrogen (secondary N) is 1. The molecule has 2 aromatic heterocycles. The van der Waals surface area contributed by atoms with Crippen molar-refractivity contribution in [3.8, 4) is 17.7 Å². The molecule has 4 aliphatic rings. The highest BCUT2D eigenvalue weighted by molar-refractivity contribution is 7.93. The first-order chi connectivity index (χ1) is 24.1. The summed E-state index contributed by atoms with van der Waals surface area (Å²) in [5, 5.41) is 12.4. The number of rotatable bonds is 10. The van der Waals surface area contributed by atoms with Crippen molar-refractivity contribution in [2.75, 3.05) is 83.6 Å². The Morgan fingerprint density at radius 3 is 2.48 bits per heavy atom. The molecule has 0 bridgehead atoms. The van der Waals surface area contributed by atoms with Gasteiger partial charge in [0.15, 0.2) is 10.6 Å². The molecule has 3 aromatic rings. The number of methoxy groups -OCH3 is 1. The lowest BCUT2D eigenvalue weighted by atomic mass is 9.73. The number of nitrogens with zero attached hydrogens (tertiary/aromatic N) is 7. The highest BCUT2D eigenvalue weighted by atomic mass is 32.2. The second kappa shape index (κ2) is 13.1.